The van der Waals surface area contributed by atoms with Crippen LogP contribution in [0.5, 0.6) is 0 Å². The van der Waals surface area contributed by atoms with E-state index in [1.54, 1.807) is 0 Å². The van der Waals surface area contributed by atoms with Crippen LogP contribution in [-0.2, 0) is 4.74 Å². The molecule has 0 fully saturated rings. The lowest BCUT2D eigenvalue weighted by molar-refractivity contribution is 0.0531. The Kier molecular flexibility index (Phi) is 4.82. The fourth-order valence-corrected chi connectivity index (χ4v) is 1.38. The molecule has 3 heteroatoms. The summed E-state index contributed by atoms with van der Waals surface area (Å²) < 4.78 is 4.99. The average Bonchev–Trinajstić information content (AvgIpc) is 2.26. The molecule has 0 aliphatic heterocycles. The molecule has 1 aromatic carbocycles. The SMILES string of the molecule is CC(C)c1ccc(C(=O)OCCBr)cc1. The molecule has 82 valence electrons. The number of alkyl halides is 1. The molecule has 15 heavy (non-hydrogen) atoms. The molecule has 0 unspecified atom stereocenters. The van der Waals surface area contributed by atoms with E-state index in [0.717, 1.165) is 0 Å². The number of halogens is 1. The van der Waals surface area contributed by atoms with Gasteiger partial charge in [0.1, 0.15) is 6.61 Å². The lowest BCUT2D eigenvalue weighted by Gasteiger charge is -2.06. The van der Waals surface area contributed by atoms with Crippen molar-refractivity contribution in [2.24, 2.45) is 0 Å². The molecule has 0 N–H and O–H groups in total. The first-order valence-electron chi connectivity index (χ1n) is 4.98. The maximum Gasteiger partial charge on any atom is 0.338 e. The molecular formula is C12H15BrO2. The third-order valence-corrected chi connectivity index (χ3v) is 2.45. The Bertz CT molecular complexity index is 317. The standard InChI is InChI=1S/C12H15BrO2/c1-9(2)10-3-5-11(6-4-10)12(14)15-8-7-13/h3-6,9H,7-8H2,1-2H3. The van der Waals surface area contributed by atoms with Crippen molar-refractivity contribution >= 4 is 21.9 Å². The second-order valence-electron chi connectivity index (χ2n) is 3.60. The highest BCUT2D eigenvalue weighted by molar-refractivity contribution is 9.09. The monoisotopic (exact) mass is 270 g/mol. The van der Waals surface area contributed by atoms with Gasteiger partial charge in [-0.1, -0.05) is 41.9 Å². The Hall–Kier alpha value is -0.830. The number of hydrogen-bond donors (Lipinski definition) is 0. The van der Waals surface area contributed by atoms with Gasteiger partial charge in [0, 0.05) is 5.33 Å². The van der Waals surface area contributed by atoms with E-state index in [1.165, 1.54) is 5.56 Å². The van der Waals surface area contributed by atoms with E-state index in [9.17, 15) is 4.79 Å². The lowest BCUT2D eigenvalue weighted by Crippen LogP contribution is -2.07. The van der Waals surface area contributed by atoms with Gasteiger partial charge >= 0.3 is 5.97 Å². The van der Waals surface area contributed by atoms with Gasteiger partial charge in [-0.15, -0.1) is 0 Å². The van der Waals surface area contributed by atoms with E-state index in [0.29, 0.717) is 23.4 Å². The van der Waals surface area contributed by atoms with Gasteiger partial charge in [0.15, 0.2) is 0 Å². The van der Waals surface area contributed by atoms with Crippen LogP contribution >= 0.6 is 15.9 Å². The van der Waals surface area contributed by atoms with Crippen LogP contribution in [-0.4, -0.2) is 17.9 Å². The molecular weight excluding hydrogens is 256 g/mol. The summed E-state index contributed by atoms with van der Waals surface area (Å²) in [6.45, 7) is 4.65. The van der Waals surface area contributed by atoms with Crippen LogP contribution in [0.4, 0.5) is 0 Å². The van der Waals surface area contributed by atoms with Gasteiger partial charge in [-0.2, -0.15) is 0 Å². The van der Waals surface area contributed by atoms with Crippen LogP contribution in [0.1, 0.15) is 35.7 Å². The number of carbonyl (C=O) groups is 1. The third-order valence-electron chi connectivity index (χ3n) is 2.12. The average molecular weight is 271 g/mol. The van der Waals surface area contributed by atoms with Crippen molar-refractivity contribution in [1.29, 1.82) is 0 Å². The van der Waals surface area contributed by atoms with E-state index in [-0.39, 0.29) is 5.97 Å². The first-order valence-corrected chi connectivity index (χ1v) is 6.10. The Morgan fingerprint density at radius 3 is 2.40 bits per heavy atom. The highest BCUT2D eigenvalue weighted by Crippen LogP contribution is 2.15. The molecule has 1 aromatic rings. The van der Waals surface area contributed by atoms with Gasteiger partial charge in [0.05, 0.1) is 5.56 Å². The number of benzene rings is 1. The smallest absolute Gasteiger partial charge is 0.338 e. The first-order chi connectivity index (χ1) is 7.15. The summed E-state index contributed by atoms with van der Waals surface area (Å²) in [5, 5.41) is 0.669. The Labute approximate surface area is 98.8 Å². The maximum atomic E-state index is 11.4. The molecule has 0 aliphatic carbocycles. The highest BCUT2D eigenvalue weighted by Gasteiger charge is 2.06. The molecule has 0 atom stereocenters. The van der Waals surface area contributed by atoms with Crippen molar-refractivity contribution in [3.8, 4) is 0 Å². The minimum Gasteiger partial charge on any atom is -0.461 e. The molecule has 0 spiro atoms. The number of esters is 1. The summed E-state index contributed by atoms with van der Waals surface area (Å²) in [6.07, 6.45) is 0. The molecule has 0 radical (unpaired) electrons. The summed E-state index contributed by atoms with van der Waals surface area (Å²) >= 11 is 3.20. The number of hydrogen-bond acceptors (Lipinski definition) is 2. The fraction of sp³-hybridized carbons (Fsp3) is 0.417. The quantitative estimate of drug-likeness (QED) is 0.620. The van der Waals surface area contributed by atoms with Crippen molar-refractivity contribution in [3.63, 3.8) is 0 Å². The summed E-state index contributed by atoms with van der Waals surface area (Å²) in [4.78, 5) is 11.4. The Morgan fingerprint density at radius 2 is 1.93 bits per heavy atom. The second kappa shape index (κ2) is 5.91. The molecule has 1 rings (SSSR count). The second-order valence-corrected chi connectivity index (χ2v) is 4.39. The van der Waals surface area contributed by atoms with E-state index < -0.39 is 0 Å². The van der Waals surface area contributed by atoms with Gasteiger partial charge < -0.3 is 4.74 Å². The molecule has 0 saturated carbocycles. The summed E-state index contributed by atoms with van der Waals surface area (Å²) in [5.41, 5.74) is 1.84. The van der Waals surface area contributed by atoms with Crippen molar-refractivity contribution < 1.29 is 9.53 Å². The highest BCUT2D eigenvalue weighted by atomic mass is 79.9. The maximum absolute atomic E-state index is 11.4. The van der Waals surface area contributed by atoms with Gasteiger partial charge in [0.2, 0.25) is 0 Å². The van der Waals surface area contributed by atoms with Crippen molar-refractivity contribution in [2.75, 3.05) is 11.9 Å². The molecule has 2 nitrogen and oxygen atoms in total. The third kappa shape index (κ3) is 3.67. The first kappa shape index (κ1) is 12.2. The molecule has 0 amide bonds. The molecule has 0 bridgehead atoms. The summed E-state index contributed by atoms with van der Waals surface area (Å²) in [7, 11) is 0. The van der Waals surface area contributed by atoms with Crippen molar-refractivity contribution in [3.05, 3.63) is 35.4 Å². The minimum absolute atomic E-state index is 0.259. The van der Waals surface area contributed by atoms with Crippen molar-refractivity contribution in [1.82, 2.24) is 0 Å². The Morgan fingerprint density at radius 1 is 1.33 bits per heavy atom. The van der Waals surface area contributed by atoms with Gasteiger partial charge in [-0.3, -0.25) is 0 Å². The Balaban J connectivity index is 2.67. The molecule has 0 saturated heterocycles. The van der Waals surface area contributed by atoms with E-state index in [1.807, 2.05) is 24.3 Å². The summed E-state index contributed by atoms with van der Waals surface area (Å²) in [6, 6.07) is 7.56. The predicted octanol–water partition coefficient (Wildman–Crippen LogP) is 3.36. The number of ether oxygens (including phenoxy) is 1. The molecule has 0 heterocycles. The molecule has 0 aromatic heterocycles. The topological polar surface area (TPSA) is 26.3 Å². The largest absolute Gasteiger partial charge is 0.461 e. The zero-order valence-electron chi connectivity index (χ0n) is 9.00. The van der Waals surface area contributed by atoms with Gasteiger partial charge in [0.25, 0.3) is 0 Å². The molecule has 0 aliphatic rings. The van der Waals surface area contributed by atoms with Crippen LogP contribution in [0, 0.1) is 0 Å². The van der Waals surface area contributed by atoms with E-state index in [4.69, 9.17) is 4.74 Å². The van der Waals surface area contributed by atoms with Gasteiger partial charge in [-0.05, 0) is 23.6 Å². The number of carbonyl (C=O) groups excluding carboxylic acids is 1. The minimum atomic E-state index is -0.259. The van der Waals surface area contributed by atoms with Crippen LogP contribution in [0.25, 0.3) is 0 Å². The van der Waals surface area contributed by atoms with Crippen LogP contribution in [0.15, 0.2) is 24.3 Å². The van der Waals surface area contributed by atoms with Gasteiger partial charge in [-0.25, -0.2) is 4.79 Å². The zero-order valence-corrected chi connectivity index (χ0v) is 10.6. The van der Waals surface area contributed by atoms with E-state index >= 15 is 0 Å². The van der Waals surface area contributed by atoms with E-state index in [2.05, 4.69) is 29.8 Å². The summed E-state index contributed by atoms with van der Waals surface area (Å²) in [5.74, 6) is 0.224. The van der Waals surface area contributed by atoms with Crippen molar-refractivity contribution in [2.45, 2.75) is 19.8 Å². The normalized spacial score (nSPS) is 10.4. The zero-order chi connectivity index (χ0) is 11.3. The number of rotatable bonds is 4. The lowest BCUT2D eigenvalue weighted by atomic mass is 10.0. The predicted molar refractivity (Wildman–Crippen MR) is 64.6 cm³/mol. The van der Waals surface area contributed by atoms with Crippen LogP contribution < -0.4 is 0 Å². The van der Waals surface area contributed by atoms with Crippen LogP contribution in [0.2, 0.25) is 0 Å². The fourth-order valence-electron chi connectivity index (χ4n) is 1.22. The van der Waals surface area contributed by atoms with Crippen LogP contribution in [0.3, 0.4) is 0 Å².